The Morgan fingerprint density at radius 1 is 1.50 bits per heavy atom. The highest BCUT2D eigenvalue weighted by molar-refractivity contribution is 7.99. The first-order valence-corrected chi connectivity index (χ1v) is 4.82. The summed E-state index contributed by atoms with van der Waals surface area (Å²) in [6.07, 6.45) is 4.45. The van der Waals surface area contributed by atoms with Crippen molar-refractivity contribution in [2.24, 2.45) is 0 Å². The first-order valence-electron chi connectivity index (χ1n) is 3.54. The minimum absolute atomic E-state index is 0.0587. The fourth-order valence-electron chi connectivity index (χ4n) is 1.08. The van der Waals surface area contributed by atoms with Crippen molar-refractivity contribution in [2.45, 2.75) is 24.4 Å². The SMILES string of the molecule is CO[C@H]1CC[C@H](SC)CO1. The van der Waals surface area contributed by atoms with Crippen LogP contribution in [0.25, 0.3) is 0 Å². The molecule has 1 rings (SSSR count). The van der Waals surface area contributed by atoms with Crippen LogP contribution < -0.4 is 0 Å². The van der Waals surface area contributed by atoms with E-state index in [0.29, 0.717) is 5.25 Å². The Morgan fingerprint density at radius 3 is 2.70 bits per heavy atom. The lowest BCUT2D eigenvalue weighted by atomic mass is 10.2. The van der Waals surface area contributed by atoms with E-state index in [1.54, 1.807) is 7.11 Å². The van der Waals surface area contributed by atoms with Crippen LogP contribution in [-0.2, 0) is 9.47 Å². The summed E-state index contributed by atoms with van der Waals surface area (Å²) in [4.78, 5) is 0. The van der Waals surface area contributed by atoms with Gasteiger partial charge in [0.25, 0.3) is 0 Å². The summed E-state index contributed by atoms with van der Waals surface area (Å²) in [6, 6.07) is 0. The third-order valence-electron chi connectivity index (χ3n) is 1.79. The highest BCUT2D eigenvalue weighted by Gasteiger charge is 2.19. The minimum atomic E-state index is 0.0587. The van der Waals surface area contributed by atoms with Crippen molar-refractivity contribution in [2.75, 3.05) is 20.0 Å². The zero-order valence-electron chi connectivity index (χ0n) is 6.50. The molecular formula is C7H14O2S. The second-order valence-corrected chi connectivity index (χ2v) is 3.57. The number of methoxy groups -OCH3 is 1. The first kappa shape index (κ1) is 8.37. The molecule has 0 aromatic carbocycles. The molecule has 1 aliphatic heterocycles. The van der Waals surface area contributed by atoms with E-state index in [0.717, 1.165) is 13.0 Å². The average Bonchev–Trinajstić information content (AvgIpc) is 2.05. The lowest BCUT2D eigenvalue weighted by Crippen LogP contribution is -2.28. The molecule has 0 spiro atoms. The Bertz CT molecular complexity index is 77.6. The molecule has 1 aliphatic rings. The monoisotopic (exact) mass is 162 g/mol. The molecule has 2 atom stereocenters. The van der Waals surface area contributed by atoms with Gasteiger partial charge in [-0.15, -0.1) is 0 Å². The lowest BCUT2D eigenvalue weighted by Gasteiger charge is -2.26. The predicted molar refractivity (Wildman–Crippen MR) is 43.3 cm³/mol. The van der Waals surface area contributed by atoms with E-state index in [9.17, 15) is 0 Å². The number of ether oxygens (including phenoxy) is 2. The fourth-order valence-corrected chi connectivity index (χ4v) is 1.66. The van der Waals surface area contributed by atoms with Crippen molar-refractivity contribution in [3.05, 3.63) is 0 Å². The maximum Gasteiger partial charge on any atom is 0.157 e. The van der Waals surface area contributed by atoms with E-state index < -0.39 is 0 Å². The van der Waals surface area contributed by atoms with Crippen LogP contribution in [0.15, 0.2) is 0 Å². The van der Waals surface area contributed by atoms with Crippen LogP contribution in [0.2, 0.25) is 0 Å². The molecule has 0 radical (unpaired) electrons. The van der Waals surface area contributed by atoms with E-state index in [2.05, 4.69) is 6.26 Å². The van der Waals surface area contributed by atoms with Gasteiger partial charge in [0.15, 0.2) is 6.29 Å². The standard InChI is InChI=1S/C7H14O2S/c1-8-7-4-3-6(10-2)5-9-7/h6-7H,3-5H2,1-2H3/t6-,7+/m0/s1. The van der Waals surface area contributed by atoms with Gasteiger partial charge < -0.3 is 9.47 Å². The normalized spacial score (nSPS) is 34.2. The Balaban J connectivity index is 2.17. The van der Waals surface area contributed by atoms with Crippen LogP contribution in [-0.4, -0.2) is 31.5 Å². The van der Waals surface area contributed by atoms with Crippen molar-refractivity contribution >= 4 is 11.8 Å². The molecule has 2 nitrogen and oxygen atoms in total. The molecule has 0 saturated carbocycles. The fraction of sp³-hybridized carbons (Fsp3) is 1.00. The van der Waals surface area contributed by atoms with E-state index in [4.69, 9.17) is 9.47 Å². The van der Waals surface area contributed by atoms with Gasteiger partial charge in [-0.25, -0.2) is 0 Å². The Morgan fingerprint density at radius 2 is 2.30 bits per heavy atom. The van der Waals surface area contributed by atoms with Crippen molar-refractivity contribution in [3.8, 4) is 0 Å². The van der Waals surface area contributed by atoms with Crippen molar-refractivity contribution in [3.63, 3.8) is 0 Å². The molecule has 0 N–H and O–H groups in total. The molecular weight excluding hydrogens is 148 g/mol. The number of hydrogen-bond acceptors (Lipinski definition) is 3. The molecule has 1 saturated heterocycles. The first-order chi connectivity index (χ1) is 4.86. The van der Waals surface area contributed by atoms with Crippen LogP contribution >= 0.6 is 11.8 Å². The highest BCUT2D eigenvalue weighted by atomic mass is 32.2. The van der Waals surface area contributed by atoms with Crippen molar-refractivity contribution in [1.29, 1.82) is 0 Å². The van der Waals surface area contributed by atoms with Gasteiger partial charge in [-0.2, -0.15) is 11.8 Å². The Kier molecular flexibility index (Phi) is 3.52. The summed E-state index contributed by atoms with van der Waals surface area (Å²) in [6.45, 7) is 0.847. The summed E-state index contributed by atoms with van der Waals surface area (Å²) in [5, 5.41) is 0.686. The quantitative estimate of drug-likeness (QED) is 0.613. The van der Waals surface area contributed by atoms with Crippen molar-refractivity contribution < 1.29 is 9.47 Å². The molecule has 1 fully saturated rings. The third kappa shape index (κ3) is 2.15. The molecule has 10 heavy (non-hydrogen) atoms. The predicted octanol–water partition coefficient (Wildman–Crippen LogP) is 1.50. The van der Waals surface area contributed by atoms with Crippen LogP contribution in [0.1, 0.15) is 12.8 Å². The van der Waals surface area contributed by atoms with Crippen LogP contribution in [0, 0.1) is 0 Å². The van der Waals surface area contributed by atoms with E-state index >= 15 is 0 Å². The van der Waals surface area contributed by atoms with Crippen LogP contribution in [0.4, 0.5) is 0 Å². The van der Waals surface area contributed by atoms with Crippen LogP contribution in [0.3, 0.4) is 0 Å². The van der Waals surface area contributed by atoms with Crippen molar-refractivity contribution in [1.82, 2.24) is 0 Å². The summed E-state index contributed by atoms with van der Waals surface area (Å²) in [7, 11) is 1.70. The maximum atomic E-state index is 5.39. The zero-order chi connectivity index (χ0) is 7.40. The third-order valence-corrected chi connectivity index (χ3v) is 2.83. The molecule has 0 bridgehead atoms. The second-order valence-electron chi connectivity index (χ2n) is 2.43. The largest absolute Gasteiger partial charge is 0.356 e. The topological polar surface area (TPSA) is 18.5 Å². The average molecular weight is 162 g/mol. The van der Waals surface area contributed by atoms with E-state index in [1.165, 1.54) is 6.42 Å². The summed E-state index contributed by atoms with van der Waals surface area (Å²) >= 11 is 1.88. The molecule has 0 amide bonds. The van der Waals surface area contributed by atoms with Gasteiger partial charge in [0.1, 0.15) is 0 Å². The Labute approximate surface area is 66.3 Å². The van der Waals surface area contributed by atoms with E-state index in [-0.39, 0.29) is 6.29 Å². The summed E-state index contributed by atoms with van der Waals surface area (Å²) in [5.41, 5.74) is 0. The smallest absolute Gasteiger partial charge is 0.157 e. The molecule has 3 heteroatoms. The summed E-state index contributed by atoms with van der Waals surface area (Å²) < 4.78 is 10.4. The molecule has 1 heterocycles. The number of hydrogen-bond donors (Lipinski definition) is 0. The summed E-state index contributed by atoms with van der Waals surface area (Å²) in [5.74, 6) is 0. The zero-order valence-corrected chi connectivity index (χ0v) is 7.32. The lowest BCUT2D eigenvalue weighted by molar-refractivity contribution is -0.143. The van der Waals surface area contributed by atoms with Gasteiger partial charge in [0.2, 0.25) is 0 Å². The van der Waals surface area contributed by atoms with Crippen LogP contribution in [0.5, 0.6) is 0 Å². The maximum absolute atomic E-state index is 5.39. The van der Waals surface area contributed by atoms with E-state index in [1.807, 2.05) is 11.8 Å². The van der Waals surface area contributed by atoms with Gasteiger partial charge in [-0.3, -0.25) is 0 Å². The van der Waals surface area contributed by atoms with Gasteiger partial charge in [0, 0.05) is 12.4 Å². The molecule has 60 valence electrons. The number of rotatable bonds is 2. The minimum Gasteiger partial charge on any atom is -0.356 e. The second kappa shape index (κ2) is 4.21. The van der Waals surface area contributed by atoms with Gasteiger partial charge in [-0.05, 0) is 19.1 Å². The van der Waals surface area contributed by atoms with Gasteiger partial charge >= 0.3 is 0 Å². The molecule has 0 aromatic heterocycles. The molecule has 0 aliphatic carbocycles. The highest BCUT2D eigenvalue weighted by Crippen LogP contribution is 2.21. The Hall–Kier alpha value is 0.270. The number of thioether (sulfide) groups is 1. The molecule has 0 unspecified atom stereocenters. The van der Waals surface area contributed by atoms with Gasteiger partial charge in [0.05, 0.1) is 6.61 Å². The van der Waals surface area contributed by atoms with Gasteiger partial charge in [-0.1, -0.05) is 0 Å². The molecule has 0 aromatic rings.